The molecule has 8 heteroatoms. The molecule has 0 fully saturated rings. The summed E-state index contributed by atoms with van der Waals surface area (Å²) in [7, 11) is 3.09. The van der Waals surface area contributed by atoms with E-state index in [0.717, 1.165) is 24.0 Å². The average Bonchev–Trinajstić information content (AvgIpc) is 2.66. The van der Waals surface area contributed by atoms with Crippen molar-refractivity contribution in [3.8, 4) is 0 Å². The van der Waals surface area contributed by atoms with Crippen molar-refractivity contribution in [3.05, 3.63) is 41.0 Å². The summed E-state index contributed by atoms with van der Waals surface area (Å²) in [6, 6.07) is 5.38. The number of nitrogens with one attached hydrogen (secondary N) is 1. The molecule has 0 bridgehead atoms. The summed E-state index contributed by atoms with van der Waals surface area (Å²) < 4.78 is 0. The number of unbranched alkanes of at least 4 members (excludes halogenated alkanes) is 1. The van der Waals surface area contributed by atoms with Crippen LogP contribution in [0, 0.1) is 6.92 Å². The van der Waals surface area contributed by atoms with Gasteiger partial charge in [-0.05, 0) is 37.3 Å². The summed E-state index contributed by atoms with van der Waals surface area (Å²) >= 11 is 0. The number of carbonyl (C=O) groups is 3. The van der Waals surface area contributed by atoms with E-state index in [0.29, 0.717) is 12.8 Å². The summed E-state index contributed by atoms with van der Waals surface area (Å²) in [5, 5.41) is 20.7. The second-order valence-electron chi connectivity index (χ2n) is 7.07. The Hall–Kier alpha value is -1.93. The standard InChI is InChI=1S/C22H31NO5S2/c1-4-8-20(30-29-14-19(22(27)28)23-16(3)24)18-13-15(2)11-12-17(18)9-6-5-7-10-21(25)26/h6,9,11-13,19-20H,4-5,7-8,10,14H2,1-3H3,(H,23,24)(H,25,26)(H,27,28). The first kappa shape index (κ1) is 26.1. The maximum atomic E-state index is 11.3. The molecule has 30 heavy (non-hydrogen) atoms. The molecule has 0 heterocycles. The smallest absolute Gasteiger partial charge is 0.327 e. The van der Waals surface area contributed by atoms with Crippen LogP contribution in [0.15, 0.2) is 24.3 Å². The Bertz CT molecular complexity index is 751. The van der Waals surface area contributed by atoms with Crippen LogP contribution in [0.1, 0.15) is 67.9 Å². The highest BCUT2D eigenvalue weighted by Gasteiger charge is 2.21. The topological polar surface area (TPSA) is 104 Å². The number of carboxylic acid groups (broad SMARTS) is 2. The van der Waals surface area contributed by atoms with E-state index >= 15 is 0 Å². The number of rotatable bonds is 14. The minimum atomic E-state index is -1.04. The molecule has 1 aromatic carbocycles. The third kappa shape index (κ3) is 10.2. The minimum absolute atomic E-state index is 0.162. The number of allylic oxidation sites excluding steroid dienone is 1. The molecule has 1 aromatic rings. The number of carboxylic acids is 2. The Morgan fingerprint density at radius 2 is 1.97 bits per heavy atom. The van der Waals surface area contributed by atoms with Crippen molar-refractivity contribution < 1.29 is 24.6 Å². The molecule has 0 aliphatic carbocycles. The maximum absolute atomic E-state index is 11.3. The van der Waals surface area contributed by atoms with Gasteiger partial charge in [0.1, 0.15) is 6.04 Å². The number of aliphatic carboxylic acids is 2. The van der Waals surface area contributed by atoms with Gasteiger partial charge in [0.2, 0.25) is 5.91 Å². The van der Waals surface area contributed by atoms with Crippen LogP contribution in [0.4, 0.5) is 0 Å². The van der Waals surface area contributed by atoms with Crippen LogP contribution in [-0.2, 0) is 14.4 Å². The van der Waals surface area contributed by atoms with Gasteiger partial charge in [0, 0.05) is 24.3 Å². The van der Waals surface area contributed by atoms with Crippen LogP contribution < -0.4 is 5.32 Å². The lowest BCUT2D eigenvalue weighted by molar-refractivity contribution is -0.140. The molecule has 2 unspecified atom stereocenters. The SMILES string of the molecule is CCCC(SSCC(NC(C)=O)C(=O)O)c1cc(C)ccc1C=CCCCC(=O)O. The van der Waals surface area contributed by atoms with Crippen molar-refractivity contribution in [2.75, 3.05) is 5.75 Å². The van der Waals surface area contributed by atoms with Gasteiger partial charge < -0.3 is 15.5 Å². The van der Waals surface area contributed by atoms with Crippen molar-refractivity contribution in [2.24, 2.45) is 0 Å². The zero-order valence-electron chi connectivity index (χ0n) is 17.7. The summed E-state index contributed by atoms with van der Waals surface area (Å²) in [6.07, 6.45) is 7.46. The molecule has 2 atom stereocenters. The highest BCUT2D eigenvalue weighted by Crippen LogP contribution is 2.43. The van der Waals surface area contributed by atoms with Crippen LogP contribution in [0.2, 0.25) is 0 Å². The van der Waals surface area contributed by atoms with Crippen LogP contribution in [-0.4, -0.2) is 39.9 Å². The van der Waals surface area contributed by atoms with Gasteiger partial charge in [0.15, 0.2) is 0 Å². The normalized spacial score (nSPS) is 13.2. The number of aryl methyl sites for hydroxylation is 1. The second kappa shape index (κ2) is 14.1. The molecule has 0 saturated heterocycles. The van der Waals surface area contributed by atoms with E-state index in [4.69, 9.17) is 5.11 Å². The van der Waals surface area contributed by atoms with Crippen LogP contribution >= 0.6 is 21.6 Å². The Morgan fingerprint density at radius 3 is 2.57 bits per heavy atom. The van der Waals surface area contributed by atoms with Gasteiger partial charge in [-0.3, -0.25) is 9.59 Å². The lowest BCUT2D eigenvalue weighted by Gasteiger charge is -2.20. The Labute approximate surface area is 186 Å². The quantitative estimate of drug-likeness (QED) is 0.267. The van der Waals surface area contributed by atoms with E-state index in [2.05, 4.69) is 30.4 Å². The zero-order valence-corrected chi connectivity index (χ0v) is 19.4. The predicted octanol–water partition coefficient (Wildman–Crippen LogP) is 5.08. The first-order valence-electron chi connectivity index (χ1n) is 10.0. The molecule has 0 aliphatic rings. The molecule has 1 rings (SSSR count). The number of amides is 1. The zero-order chi connectivity index (χ0) is 22.5. The van der Waals surface area contributed by atoms with Crippen molar-refractivity contribution in [3.63, 3.8) is 0 Å². The third-order valence-electron chi connectivity index (χ3n) is 4.29. The van der Waals surface area contributed by atoms with Gasteiger partial charge in [-0.15, -0.1) is 0 Å². The van der Waals surface area contributed by atoms with E-state index in [9.17, 15) is 19.5 Å². The van der Waals surface area contributed by atoms with E-state index in [1.165, 1.54) is 23.3 Å². The minimum Gasteiger partial charge on any atom is -0.481 e. The molecular formula is C22H31NO5S2. The van der Waals surface area contributed by atoms with E-state index in [-0.39, 0.29) is 23.3 Å². The summed E-state index contributed by atoms with van der Waals surface area (Å²) in [5.74, 6) is -1.89. The monoisotopic (exact) mass is 453 g/mol. The van der Waals surface area contributed by atoms with Crippen LogP contribution in [0.5, 0.6) is 0 Å². The lowest BCUT2D eigenvalue weighted by Crippen LogP contribution is -2.41. The molecule has 166 valence electrons. The molecule has 0 saturated carbocycles. The summed E-state index contributed by atoms with van der Waals surface area (Å²) in [5.41, 5.74) is 3.44. The fraction of sp³-hybridized carbons (Fsp3) is 0.500. The lowest BCUT2D eigenvalue weighted by atomic mass is 9.98. The van der Waals surface area contributed by atoms with Crippen molar-refractivity contribution in [1.29, 1.82) is 0 Å². The van der Waals surface area contributed by atoms with E-state index in [1.54, 1.807) is 10.8 Å². The highest BCUT2D eigenvalue weighted by atomic mass is 33.1. The Morgan fingerprint density at radius 1 is 1.23 bits per heavy atom. The molecule has 0 aromatic heterocycles. The number of benzene rings is 1. The number of hydrogen-bond acceptors (Lipinski definition) is 5. The highest BCUT2D eigenvalue weighted by molar-refractivity contribution is 8.76. The molecule has 0 radical (unpaired) electrons. The maximum Gasteiger partial charge on any atom is 0.327 e. The summed E-state index contributed by atoms with van der Waals surface area (Å²) in [4.78, 5) is 33.2. The molecule has 0 spiro atoms. The van der Waals surface area contributed by atoms with Crippen molar-refractivity contribution in [1.82, 2.24) is 5.32 Å². The first-order valence-corrected chi connectivity index (χ1v) is 12.4. The second-order valence-corrected chi connectivity index (χ2v) is 9.69. The first-order chi connectivity index (χ1) is 14.2. The van der Waals surface area contributed by atoms with Crippen LogP contribution in [0.3, 0.4) is 0 Å². The van der Waals surface area contributed by atoms with Gasteiger partial charge in [-0.1, -0.05) is 70.8 Å². The van der Waals surface area contributed by atoms with Gasteiger partial charge in [-0.25, -0.2) is 4.79 Å². The summed E-state index contributed by atoms with van der Waals surface area (Å²) in [6.45, 7) is 5.48. The molecule has 6 nitrogen and oxygen atoms in total. The predicted molar refractivity (Wildman–Crippen MR) is 125 cm³/mol. The van der Waals surface area contributed by atoms with Gasteiger partial charge in [0.05, 0.1) is 0 Å². The fourth-order valence-corrected chi connectivity index (χ4v) is 5.81. The molecule has 3 N–H and O–H groups in total. The number of hydrogen-bond donors (Lipinski definition) is 3. The Balaban J connectivity index is 2.87. The Kier molecular flexibility index (Phi) is 12.3. The van der Waals surface area contributed by atoms with E-state index in [1.807, 2.05) is 19.1 Å². The average molecular weight is 454 g/mol. The van der Waals surface area contributed by atoms with Crippen LogP contribution in [0.25, 0.3) is 6.08 Å². The van der Waals surface area contributed by atoms with Crippen molar-refractivity contribution >= 4 is 45.5 Å². The molecular weight excluding hydrogens is 422 g/mol. The van der Waals surface area contributed by atoms with Crippen molar-refractivity contribution in [2.45, 2.75) is 64.2 Å². The largest absolute Gasteiger partial charge is 0.481 e. The molecule has 0 aliphatic heterocycles. The van der Waals surface area contributed by atoms with Gasteiger partial charge in [-0.2, -0.15) is 0 Å². The van der Waals surface area contributed by atoms with Gasteiger partial charge in [0.25, 0.3) is 0 Å². The fourth-order valence-electron chi connectivity index (χ4n) is 2.83. The molecule has 1 amide bonds. The van der Waals surface area contributed by atoms with Gasteiger partial charge >= 0.3 is 11.9 Å². The third-order valence-corrected chi connectivity index (χ3v) is 7.13. The van der Waals surface area contributed by atoms with E-state index < -0.39 is 18.0 Å². The number of carbonyl (C=O) groups excluding carboxylic acids is 1.